The number of nitrogens with zero attached hydrogens (tertiary/aromatic N) is 2. The molecule has 38 heavy (non-hydrogen) atoms. The van der Waals surface area contributed by atoms with Crippen LogP contribution in [0.2, 0.25) is 0 Å². The van der Waals surface area contributed by atoms with Crippen molar-refractivity contribution in [3.05, 3.63) is 108 Å². The monoisotopic (exact) mass is 500 g/mol. The van der Waals surface area contributed by atoms with Gasteiger partial charge in [-0.2, -0.15) is 0 Å². The molecular formula is C36H40N2. The highest BCUT2D eigenvalue weighted by Gasteiger charge is 2.15. The van der Waals surface area contributed by atoms with Crippen LogP contribution in [0, 0.1) is 0 Å². The average Bonchev–Trinajstić information content (AvgIpc) is 2.98. The van der Waals surface area contributed by atoms with Gasteiger partial charge in [0.1, 0.15) is 0 Å². The van der Waals surface area contributed by atoms with Crippen molar-refractivity contribution < 1.29 is 0 Å². The van der Waals surface area contributed by atoms with Gasteiger partial charge in [-0.1, -0.05) is 106 Å². The molecule has 0 bridgehead atoms. The van der Waals surface area contributed by atoms with Crippen LogP contribution in [0.5, 0.6) is 0 Å². The molecule has 0 atom stereocenters. The van der Waals surface area contributed by atoms with E-state index in [9.17, 15) is 0 Å². The van der Waals surface area contributed by atoms with E-state index in [2.05, 4.69) is 118 Å². The highest BCUT2D eigenvalue weighted by atomic mass is 14.8. The quantitative estimate of drug-likeness (QED) is 0.173. The minimum absolute atomic E-state index is 0.824. The van der Waals surface area contributed by atoms with Crippen LogP contribution in [0.25, 0.3) is 22.3 Å². The fourth-order valence-corrected chi connectivity index (χ4v) is 4.79. The second-order valence-corrected chi connectivity index (χ2v) is 9.85. The van der Waals surface area contributed by atoms with E-state index in [0.717, 1.165) is 49.2 Å². The predicted octanol–water partition coefficient (Wildman–Crippen LogP) is 10.6. The van der Waals surface area contributed by atoms with E-state index in [-0.39, 0.29) is 0 Å². The Kier molecular flexibility index (Phi) is 10.2. The van der Waals surface area contributed by atoms with E-state index in [1.165, 1.54) is 46.2 Å². The molecule has 0 fully saturated rings. The Balaban J connectivity index is 1.76. The summed E-state index contributed by atoms with van der Waals surface area (Å²) in [6, 6.07) is 34.6. The zero-order valence-corrected chi connectivity index (χ0v) is 23.2. The second-order valence-electron chi connectivity index (χ2n) is 9.85. The molecule has 0 unspecified atom stereocenters. The Bertz CT molecular complexity index is 1350. The third kappa shape index (κ3) is 7.38. The highest BCUT2D eigenvalue weighted by Crippen LogP contribution is 2.39. The Labute approximate surface area is 229 Å². The molecular weight excluding hydrogens is 460 g/mol. The smallest absolute Gasteiger partial charge is 0.0642 e. The SMILES string of the molecule is CCCCc1cccc(N=CC(CC)=Nc2cc(CCCC)c(-c3ccccc3)c(-c3ccccc3)c2)c1. The summed E-state index contributed by atoms with van der Waals surface area (Å²) in [6.07, 6.45) is 9.62. The van der Waals surface area contributed by atoms with E-state index in [1.807, 2.05) is 6.21 Å². The van der Waals surface area contributed by atoms with Gasteiger partial charge in [-0.15, -0.1) is 0 Å². The Morgan fingerprint density at radius 1 is 0.658 bits per heavy atom. The minimum Gasteiger partial charge on any atom is -0.255 e. The standard InChI is InChI=1S/C36H40N2/c1-4-7-16-28-17-15-23-33(24-28)37-27-32(6-3)38-34-25-31(18-8-5-2)36(30-21-13-10-14-22-30)35(26-34)29-19-11-9-12-20-29/h9-15,17,19-27H,4-8,16,18H2,1-3H3. The van der Waals surface area contributed by atoms with Crippen LogP contribution in [0.1, 0.15) is 64.0 Å². The maximum Gasteiger partial charge on any atom is 0.0642 e. The van der Waals surface area contributed by atoms with Gasteiger partial charge in [0.15, 0.2) is 0 Å². The van der Waals surface area contributed by atoms with E-state index in [1.54, 1.807) is 0 Å². The molecule has 0 aliphatic rings. The molecule has 0 saturated heterocycles. The molecule has 0 aliphatic carbocycles. The molecule has 0 aromatic heterocycles. The van der Waals surface area contributed by atoms with Crippen LogP contribution in [0.4, 0.5) is 11.4 Å². The molecule has 0 spiro atoms. The van der Waals surface area contributed by atoms with Crippen molar-refractivity contribution in [1.29, 1.82) is 0 Å². The van der Waals surface area contributed by atoms with Gasteiger partial charge < -0.3 is 0 Å². The largest absolute Gasteiger partial charge is 0.255 e. The number of aliphatic imine (C=N–C) groups is 2. The van der Waals surface area contributed by atoms with Gasteiger partial charge in [0.25, 0.3) is 0 Å². The van der Waals surface area contributed by atoms with Gasteiger partial charge in [0.2, 0.25) is 0 Å². The molecule has 0 heterocycles. The lowest BCUT2D eigenvalue weighted by atomic mass is 9.88. The van der Waals surface area contributed by atoms with Crippen LogP contribution in [-0.2, 0) is 12.8 Å². The normalized spacial score (nSPS) is 11.8. The number of unbranched alkanes of at least 4 members (excludes halogenated alkanes) is 2. The van der Waals surface area contributed by atoms with Crippen LogP contribution < -0.4 is 0 Å². The maximum absolute atomic E-state index is 5.12. The maximum atomic E-state index is 5.12. The van der Waals surface area contributed by atoms with Crippen molar-refractivity contribution in [3.8, 4) is 22.3 Å². The zero-order chi connectivity index (χ0) is 26.6. The first kappa shape index (κ1) is 27.3. The first-order chi connectivity index (χ1) is 18.7. The number of aryl methyl sites for hydroxylation is 2. The highest BCUT2D eigenvalue weighted by molar-refractivity contribution is 6.31. The van der Waals surface area contributed by atoms with Crippen molar-refractivity contribution in [2.45, 2.75) is 65.7 Å². The molecule has 0 amide bonds. The summed E-state index contributed by atoms with van der Waals surface area (Å²) in [7, 11) is 0. The van der Waals surface area contributed by atoms with E-state index < -0.39 is 0 Å². The lowest BCUT2D eigenvalue weighted by Gasteiger charge is -2.17. The molecule has 4 aromatic carbocycles. The number of rotatable bonds is 12. The molecule has 0 N–H and O–H groups in total. The van der Waals surface area contributed by atoms with Crippen LogP contribution >= 0.6 is 0 Å². The number of hydrogen-bond donors (Lipinski definition) is 0. The van der Waals surface area contributed by atoms with E-state index >= 15 is 0 Å². The second kappa shape index (κ2) is 14.2. The minimum atomic E-state index is 0.824. The summed E-state index contributed by atoms with van der Waals surface area (Å²) < 4.78 is 0. The summed E-state index contributed by atoms with van der Waals surface area (Å²) in [5.74, 6) is 0. The number of hydrogen-bond acceptors (Lipinski definition) is 2. The molecule has 0 aliphatic heterocycles. The lowest BCUT2D eigenvalue weighted by Crippen LogP contribution is -1.98. The van der Waals surface area contributed by atoms with E-state index in [0.29, 0.717) is 0 Å². The summed E-state index contributed by atoms with van der Waals surface area (Å²) >= 11 is 0. The molecule has 194 valence electrons. The Hall–Kier alpha value is -3.78. The topological polar surface area (TPSA) is 24.7 Å². The Morgan fingerprint density at radius 2 is 1.34 bits per heavy atom. The van der Waals surface area contributed by atoms with Crippen LogP contribution in [-0.4, -0.2) is 11.9 Å². The van der Waals surface area contributed by atoms with Crippen molar-refractivity contribution in [1.82, 2.24) is 0 Å². The van der Waals surface area contributed by atoms with Gasteiger partial charge >= 0.3 is 0 Å². The summed E-state index contributed by atoms with van der Waals surface area (Å²) in [6.45, 7) is 6.64. The third-order valence-corrected chi connectivity index (χ3v) is 6.88. The van der Waals surface area contributed by atoms with Crippen molar-refractivity contribution in [3.63, 3.8) is 0 Å². The van der Waals surface area contributed by atoms with Crippen molar-refractivity contribution in [2.75, 3.05) is 0 Å². The molecule has 2 nitrogen and oxygen atoms in total. The predicted molar refractivity (Wildman–Crippen MR) is 167 cm³/mol. The Morgan fingerprint density at radius 3 is 2.03 bits per heavy atom. The van der Waals surface area contributed by atoms with Crippen LogP contribution in [0.15, 0.2) is 107 Å². The molecule has 0 saturated carbocycles. The van der Waals surface area contributed by atoms with Gasteiger partial charge in [0, 0.05) is 6.21 Å². The summed E-state index contributed by atoms with van der Waals surface area (Å²) in [5, 5.41) is 0. The molecule has 2 heteroatoms. The van der Waals surface area contributed by atoms with Crippen molar-refractivity contribution in [2.24, 2.45) is 9.98 Å². The van der Waals surface area contributed by atoms with Gasteiger partial charge in [-0.05, 0) is 89.8 Å². The molecule has 4 rings (SSSR count). The van der Waals surface area contributed by atoms with Gasteiger partial charge in [-0.25, -0.2) is 0 Å². The van der Waals surface area contributed by atoms with Gasteiger partial charge in [-0.3, -0.25) is 9.98 Å². The molecule has 4 aromatic rings. The average molecular weight is 501 g/mol. The summed E-state index contributed by atoms with van der Waals surface area (Å²) in [5.41, 5.74) is 10.7. The van der Waals surface area contributed by atoms with Gasteiger partial charge in [0.05, 0.1) is 17.1 Å². The van der Waals surface area contributed by atoms with Crippen LogP contribution in [0.3, 0.4) is 0 Å². The fraction of sp³-hybridized carbons (Fsp3) is 0.278. The number of benzene rings is 4. The lowest BCUT2D eigenvalue weighted by molar-refractivity contribution is 0.795. The zero-order valence-electron chi connectivity index (χ0n) is 23.2. The first-order valence-corrected chi connectivity index (χ1v) is 14.2. The fourth-order valence-electron chi connectivity index (χ4n) is 4.79. The van der Waals surface area contributed by atoms with Crippen molar-refractivity contribution >= 4 is 23.3 Å². The summed E-state index contributed by atoms with van der Waals surface area (Å²) in [4.78, 5) is 9.93. The van der Waals surface area contributed by atoms with E-state index in [4.69, 9.17) is 9.98 Å². The third-order valence-electron chi connectivity index (χ3n) is 6.88. The molecule has 0 radical (unpaired) electrons. The first-order valence-electron chi connectivity index (χ1n) is 14.2.